The van der Waals surface area contributed by atoms with Gasteiger partial charge in [0.05, 0.1) is 17.8 Å². The number of nitro groups is 1. The largest absolute Gasteiger partial charge is 0.498 e. The van der Waals surface area contributed by atoms with Crippen LogP contribution in [0.1, 0.15) is 28.9 Å². The van der Waals surface area contributed by atoms with E-state index in [4.69, 9.17) is 9.47 Å². The van der Waals surface area contributed by atoms with E-state index in [1.807, 2.05) is 60.7 Å². The van der Waals surface area contributed by atoms with E-state index in [0.717, 1.165) is 17.2 Å². The van der Waals surface area contributed by atoms with Crippen molar-refractivity contribution in [3.8, 4) is 0 Å². The molecule has 2 aliphatic rings. The second-order valence-electron chi connectivity index (χ2n) is 9.23. The number of thioether (sulfide) groups is 1. The van der Waals surface area contributed by atoms with Crippen molar-refractivity contribution in [3.63, 3.8) is 0 Å². The Bertz CT molecular complexity index is 1480. The lowest BCUT2D eigenvalue weighted by molar-refractivity contribution is -0.385. The van der Waals surface area contributed by atoms with Crippen LogP contribution < -0.4 is 5.32 Å². The first-order valence-electron chi connectivity index (χ1n) is 12.6. The Hall–Kier alpha value is -4.68. The first-order valence-corrected chi connectivity index (χ1v) is 13.6. The Labute approximate surface area is 238 Å². The lowest BCUT2D eigenvalue weighted by Gasteiger charge is -2.49. The van der Waals surface area contributed by atoms with E-state index < -0.39 is 46.3 Å². The average Bonchev–Trinajstić information content (AvgIpc) is 3.01. The average molecular weight is 576 g/mol. The van der Waals surface area contributed by atoms with Crippen molar-refractivity contribution >= 4 is 35.2 Å². The summed E-state index contributed by atoms with van der Waals surface area (Å²) in [5.74, 6) is -1.76. The van der Waals surface area contributed by atoms with Gasteiger partial charge in [-0.15, -0.1) is 11.8 Å². The number of nitrogens with one attached hydrogen (secondary N) is 1. The molecule has 1 saturated heterocycles. The van der Waals surface area contributed by atoms with E-state index in [2.05, 4.69) is 5.32 Å². The molecule has 0 bridgehead atoms. The first kappa shape index (κ1) is 27.9. The highest BCUT2D eigenvalue weighted by atomic mass is 32.2. The Morgan fingerprint density at radius 2 is 1.63 bits per heavy atom. The number of carbonyl (C=O) groups is 3. The molecule has 210 valence electrons. The summed E-state index contributed by atoms with van der Waals surface area (Å²) >= 11 is 1.27. The van der Waals surface area contributed by atoms with E-state index in [0.29, 0.717) is 0 Å². The lowest BCUT2D eigenvalue weighted by atomic mass is 10.0. The predicted octanol–water partition coefficient (Wildman–Crippen LogP) is 3.22. The molecule has 41 heavy (non-hydrogen) atoms. The third-order valence-electron chi connectivity index (χ3n) is 6.75. The van der Waals surface area contributed by atoms with Crippen LogP contribution in [0.15, 0.2) is 96.4 Å². The second-order valence-corrected chi connectivity index (χ2v) is 10.3. The molecule has 0 radical (unpaired) electrons. The zero-order valence-corrected chi connectivity index (χ0v) is 22.5. The summed E-state index contributed by atoms with van der Waals surface area (Å²) in [6, 6.07) is 22.4. The number of nitrogens with zero attached hydrogens (tertiary/aromatic N) is 2. The van der Waals surface area contributed by atoms with Crippen LogP contribution in [0.3, 0.4) is 0 Å². The molecule has 0 aliphatic carbocycles. The Morgan fingerprint density at radius 3 is 2.22 bits per heavy atom. The molecule has 3 aromatic carbocycles. The fourth-order valence-corrected chi connectivity index (χ4v) is 5.99. The van der Waals surface area contributed by atoms with Crippen molar-refractivity contribution in [2.45, 2.75) is 23.6 Å². The number of nitro benzene ring substituents is 1. The first-order chi connectivity index (χ1) is 19.8. The molecular formula is C29H25N3O8S. The highest BCUT2D eigenvalue weighted by molar-refractivity contribution is 8.00. The van der Waals surface area contributed by atoms with Gasteiger partial charge in [0.25, 0.3) is 17.5 Å². The number of amides is 2. The van der Waals surface area contributed by atoms with Crippen LogP contribution in [0.4, 0.5) is 5.69 Å². The minimum absolute atomic E-state index is 0.00956. The zero-order valence-electron chi connectivity index (χ0n) is 21.7. The van der Waals surface area contributed by atoms with Gasteiger partial charge < -0.3 is 19.9 Å². The number of rotatable bonds is 9. The summed E-state index contributed by atoms with van der Waals surface area (Å²) < 4.78 is 11.4. The van der Waals surface area contributed by atoms with Gasteiger partial charge in [-0.3, -0.25) is 24.6 Å². The van der Waals surface area contributed by atoms with E-state index >= 15 is 0 Å². The summed E-state index contributed by atoms with van der Waals surface area (Å²) in [7, 11) is 1.40. The molecule has 12 heteroatoms. The lowest BCUT2D eigenvalue weighted by Crippen LogP contribution is -2.71. The number of carbonyl (C=O) groups excluding carboxylic acids is 3. The van der Waals surface area contributed by atoms with Crippen LogP contribution in [0, 0.1) is 10.1 Å². The topological polar surface area (TPSA) is 148 Å². The number of hydrogen-bond acceptors (Lipinski definition) is 9. The van der Waals surface area contributed by atoms with E-state index in [1.54, 1.807) is 0 Å². The summed E-state index contributed by atoms with van der Waals surface area (Å²) in [4.78, 5) is 51.3. The van der Waals surface area contributed by atoms with Crippen LogP contribution >= 0.6 is 11.8 Å². The molecule has 2 amide bonds. The maximum atomic E-state index is 13.6. The maximum Gasteiger partial charge on any atom is 0.359 e. The smallest absolute Gasteiger partial charge is 0.359 e. The minimum atomic E-state index is -1.74. The quantitative estimate of drug-likeness (QED) is 0.170. The SMILES string of the molecule is COC1=C(C(=O)OC(c2ccccc2)c2ccccc2)N2C(=O)[C@@H](NC(=O)[C@H](O)c3cccc([N+](=O)[O-])c3)[C@H]2SC1. The van der Waals surface area contributed by atoms with Gasteiger partial charge in [0, 0.05) is 12.1 Å². The predicted molar refractivity (Wildman–Crippen MR) is 148 cm³/mol. The third kappa shape index (κ3) is 5.52. The van der Waals surface area contributed by atoms with Crippen LogP contribution in [0.25, 0.3) is 0 Å². The molecule has 0 aromatic heterocycles. The Morgan fingerprint density at radius 1 is 1.02 bits per heavy atom. The van der Waals surface area contributed by atoms with Gasteiger partial charge in [0.15, 0.2) is 17.9 Å². The monoisotopic (exact) mass is 575 g/mol. The fraction of sp³-hybridized carbons (Fsp3) is 0.207. The minimum Gasteiger partial charge on any atom is -0.498 e. The molecule has 2 N–H and O–H groups in total. The van der Waals surface area contributed by atoms with Crippen LogP contribution in [0.2, 0.25) is 0 Å². The van der Waals surface area contributed by atoms with Crippen molar-refractivity contribution in [3.05, 3.63) is 123 Å². The summed E-state index contributed by atoms with van der Waals surface area (Å²) in [5.41, 5.74) is 1.15. The number of hydrogen-bond donors (Lipinski definition) is 2. The maximum absolute atomic E-state index is 13.6. The number of esters is 1. The van der Waals surface area contributed by atoms with Crippen molar-refractivity contribution in [2.24, 2.45) is 0 Å². The molecule has 3 atom stereocenters. The van der Waals surface area contributed by atoms with Gasteiger partial charge in [-0.2, -0.15) is 0 Å². The standard InChI is InChI=1S/C29H25N3O8S/c1-39-21-16-41-28-22(30-26(34)24(33)19-13-8-14-20(15-19)32(37)38)27(35)31(28)23(21)29(36)40-25(17-9-4-2-5-10-17)18-11-6-3-7-12-18/h2-15,22,24-25,28,33H,16H2,1H3,(H,30,34)/t22-,24-,28-/m1/s1. The Kier molecular flexibility index (Phi) is 8.04. The van der Waals surface area contributed by atoms with Gasteiger partial charge >= 0.3 is 5.97 Å². The highest BCUT2D eigenvalue weighted by Gasteiger charge is 2.55. The Balaban J connectivity index is 1.34. The van der Waals surface area contributed by atoms with Crippen LogP contribution in [-0.2, 0) is 23.9 Å². The summed E-state index contributed by atoms with van der Waals surface area (Å²) in [6.07, 6.45) is -2.49. The van der Waals surface area contributed by atoms with Crippen LogP contribution in [0.5, 0.6) is 0 Å². The van der Waals surface area contributed by atoms with Crippen molar-refractivity contribution in [1.82, 2.24) is 10.2 Å². The highest BCUT2D eigenvalue weighted by Crippen LogP contribution is 2.42. The van der Waals surface area contributed by atoms with E-state index in [9.17, 15) is 29.6 Å². The normalized spacial score (nSPS) is 18.7. The van der Waals surface area contributed by atoms with Crippen LogP contribution in [-0.4, -0.2) is 57.0 Å². The molecular weight excluding hydrogens is 550 g/mol. The van der Waals surface area contributed by atoms with Crippen molar-refractivity contribution in [2.75, 3.05) is 12.9 Å². The van der Waals surface area contributed by atoms with Crippen molar-refractivity contribution in [1.29, 1.82) is 0 Å². The second kappa shape index (κ2) is 11.8. The molecule has 5 rings (SSSR count). The number of aliphatic hydroxyl groups is 1. The zero-order chi connectivity index (χ0) is 29.1. The fourth-order valence-electron chi connectivity index (χ4n) is 4.68. The molecule has 0 saturated carbocycles. The summed E-state index contributed by atoms with van der Waals surface area (Å²) in [6.45, 7) is 0. The number of non-ortho nitro benzene ring substituents is 1. The van der Waals surface area contributed by atoms with Gasteiger partial charge in [0.1, 0.15) is 17.2 Å². The van der Waals surface area contributed by atoms with Crippen molar-refractivity contribution < 1.29 is 33.9 Å². The number of benzene rings is 3. The van der Waals surface area contributed by atoms with Gasteiger partial charge in [0.2, 0.25) is 0 Å². The van der Waals surface area contributed by atoms with Gasteiger partial charge in [-0.05, 0) is 16.7 Å². The molecule has 0 unspecified atom stereocenters. The van der Waals surface area contributed by atoms with Gasteiger partial charge in [-0.25, -0.2) is 4.79 Å². The molecule has 11 nitrogen and oxygen atoms in total. The number of aliphatic hydroxyl groups excluding tert-OH is 1. The molecule has 2 aliphatic heterocycles. The third-order valence-corrected chi connectivity index (χ3v) is 8.00. The number of β-lactam (4-membered cyclic amide) rings is 1. The van der Waals surface area contributed by atoms with E-state index in [1.165, 1.54) is 42.0 Å². The van der Waals surface area contributed by atoms with Gasteiger partial charge in [-0.1, -0.05) is 72.8 Å². The number of fused-ring (bicyclic) bond motifs is 1. The van der Waals surface area contributed by atoms with E-state index in [-0.39, 0.29) is 28.5 Å². The number of methoxy groups -OCH3 is 1. The molecule has 2 heterocycles. The molecule has 3 aromatic rings. The molecule has 1 fully saturated rings. The number of ether oxygens (including phenoxy) is 2. The molecule has 0 spiro atoms. The summed E-state index contributed by atoms with van der Waals surface area (Å²) in [5, 5.41) is 23.4.